The molecule has 1 saturated heterocycles. The van der Waals surface area contributed by atoms with Gasteiger partial charge in [0.1, 0.15) is 5.60 Å². The monoisotopic (exact) mass is 741 g/mol. The Morgan fingerprint density at radius 3 is 1.66 bits per heavy atom. The first-order valence-corrected chi connectivity index (χ1v) is 19.3. The summed E-state index contributed by atoms with van der Waals surface area (Å²) in [6.07, 6.45) is 6.30. The third-order valence-corrected chi connectivity index (χ3v) is 10.7. The first-order chi connectivity index (χ1) is 25.5. The Morgan fingerprint density at radius 1 is 0.698 bits per heavy atom. The Labute approximate surface area is 320 Å². The van der Waals surface area contributed by atoms with Crippen molar-refractivity contribution in [2.45, 2.75) is 67.8 Å². The normalized spacial score (nSPS) is 15.9. The number of thioether (sulfide) groups is 1. The van der Waals surface area contributed by atoms with Crippen LogP contribution in [0.3, 0.4) is 0 Å². The molecule has 0 unspecified atom stereocenters. The molecule has 4 aromatic rings. The summed E-state index contributed by atoms with van der Waals surface area (Å²) in [5.41, 5.74) is 1.07. The highest BCUT2D eigenvalue weighted by Crippen LogP contribution is 2.32. The van der Waals surface area contributed by atoms with Crippen LogP contribution in [0.2, 0.25) is 0 Å². The van der Waals surface area contributed by atoms with E-state index in [0.29, 0.717) is 42.7 Å². The molecule has 0 atom stereocenters. The Hall–Kier alpha value is -3.96. The molecular formula is C44H55NO7S. The van der Waals surface area contributed by atoms with E-state index in [9.17, 15) is 19.5 Å². The molecule has 1 aliphatic carbocycles. The molecule has 1 N–H and O–H groups in total. The van der Waals surface area contributed by atoms with Crippen LogP contribution in [0.15, 0.2) is 120 Å². The maximum Gasteiger partial charge on any atom is 0.260 e. The SMILES string of the molecule is COC(OC)(C(=O)c1ccccc1)c1ccccc1.CSc1ccc(C(=O)C(C)(C)N2CCOCC2)cc1.O=C(c1ccccc1)C1(O)CCCCC1.[HH]. The highest BCUT2D eigenvalue weighted by atomic mass is 32.2. The molecule has 0 amide bonds. The third-order valence-electron chi connectivity index (χ3n) is 9.91. The van der Waals surface area contributed by atoms with Crippen molar-refractivity contribution in [2.24, 2.45) is 0 Å². The van der Waals surface area contributed by atoms with Crippen molar-refractivity contribution in [1.82, 2.24) is 4.90 Å². The number of ketones is 3. The van der Waals surface area contributed by atoms with Crippen LogP contribution in [-0.2, 0) is 20.0 Å². The van der Waals surface area contributed by atoms with E-state index in [4.69, 9.17) is 14.2 Å². The molecule has 0 aromatic heterocycles. The fourth-order valence-corrected chi connectivity index (χ4v) is 7.06. The summed E-state index contributed by atoms with van der Waals surface area (Å²) in [7, 11) is 2.94. The molecule has 8 nitrogen and oxygen atoms in total. The second-order valence-electron chi connectivity index (χ2n) is 13.6. The van der Waals surface area contributed by atoms with Crippen molar-refractivity contribution in [1.29, 1.82) is 0 Å². The van der Waals surface area contributed by atoms with Crippen LogP contribution in [0.4, 0.5) is 0 Å². The van der Waals surface area contributed by atoms with E-state index in [0.717, 1.165) is 37.9 Å². The van der Waals surface area contributed by atoms with Crippen molar-refractivity contribution >= 4 is 29.1 Å². The third kappa shape index (κ3) is 10.6. The highest BCUT2D eigenvalue weighted by Gasteiger charge is 2.41. The van der Waals surface area contributed by atoms with Gasteiger partial charge in [-0.05, 0) is 45.1 Å². The Bertz CT molecular complexity index is 1720. The lowest BCUT2D eigenvalue weighted by atomic mass is 9.79. The predicted molar refractivity (Wildman–Crippen MR) is 213 cm³/mol. The number of benzene rings is 4. The number of ether oxygens (including phenoxy) is 3. The fraction of sp³-hybridized carbons (Fsp3) is 0.386. The van der Waals surface area contributed by atoms with Crippen LogP contribution in [0.5, 0.6) is 0 Å². The molecule has 4 aromatic carbocycles. The zero-order valence-corrected chi connectivity index (χ0v) is 32.4. The van der Waals surface area contributed by atoms with Gasteiger partial charge in [-0.25, -0.2) is 0 Å². The van der Waals surface area contributed by atoms with Crippen LogP contribution in [0.1, 0.15) is 84.0 Å². The quantitative estimate of drug-likeness (QED) is 0.0921. The molecule has 2 aliphatic rings. The molecule has 1 saturated carbocycles. The first kappa shape index (κ1) is 41.8. The number of carbonyl (C=O) groups is 3. The largest absolute Gasteiger partial charge is 0.382 e. The van der Waals surface area contributed by atoms with Gasteiger partial charge in [-0.1, -0.05) is 122 Å². The van der Waals surface area contributed by atoms with E-state index in [1.807, 2.05) is 111 Å². The maximum absolute atomic E-state index is 12.7. The van der Waals surface area contributed by atoms with Crippen molar-refractivity contribution in [3.05, 3.63) is 138 Å². The molecule has 1 aliphatic heterocycles. The van der Waals surface area contributed by atoms with Crippen molar-refractivity contribution < 1.29 is 35.1 Å². The van der Waals surface area contributed by atoms with Gasteiger partial charge in [-0.15, -0.1) is 11.8 Å². The molecule has 284 valence electrons. The van der Waals surface area contributed by atoms with E-state index in [2.05, 4.69) is 4.90 Å². The van der Waals surface area contributed by atoms with Gasteiger partial charge < -0.3 is 19.3 Å². The lowest BCUT2D eigenvalue weighted by Gasteiger charge is -2.39. The lowest BCUT2D eigenvalue weighted by molar-refractivity contribution is -0.176. The fourth-order valence-electron chi connectivity index (χ4n) is 6.66. The van der Waals surface area contributed by atoms with Crippen LogP contribution in [0, 0.1) is 0 Å². The van der Waals surface area contributed by atoms with Crippen LogP contribution in [0.25, 0.3) is 0 Å². The van der Waals surface area contributed by atoms with Gasteiger partial charge >= 0.3 is 0 Å². The molecule has 0 bridgehead atoms. The van der Waals surface area contributed by atoms with Crippen LogP contribution in [-0.4, -0.2) is 85.3 Å². The van der Waals surface area contributed by atoms with Crippen molar-refractivity contribution in [2.75, 3.05) is 46.8 Å². The summed E-state index contributed by atoms with van der Waals surface area (Å²) >= 11 is 1.69. The zero-order chi connectivity index (χ0) is 38.3. The average Bonchev–Trinajstić information content (AvgIpc) is 3.23. The van der Waals surface area contributed by atoms with E-state index in [-0.39, 0.29) is 18.8 Å². The standard InChI is InChI=1S/C16H16O3.C15H21NO2S.C13H16O2.H2/c1-18-16(19-2,14-11-7-4-8-12-14)15(17)13-9-5-3-6-10-13;1-15(2,16-8-10-18-11-9-16)14(17)12-4-6-13(19-3)7-5-12;14-12(11-7-3-1-4-8-11)13(15)9-5-2-6-10-13;/h3-12H,1-2H3;4-7H,8-11H2,1-3H3;1,3-4,7-8,15H,2,5-6,9-10H2;1H. The molecule has 6 rings (SSSR count). The number of hydrogen-bond donors (Lipinski definition) is 1. The number of aliphatic hydroxyl groups is 1. The van der Waals surface area contributed by atoms with E-state index < -0.39 is 16.9 Å². The number of carbonyl (C=O) groups excluding carboxylic acids is 3. The zero-order valence-electron chi connectivity index (χ0n) is 31.6. The number of methoxy groups -OCH3 is 2. The summed E-state index contributed by atoms with van der Waals surface area (Å²) in [6.45, 7) is 7.07. The summed E-state index contributed by atoms with van der Waals surface area (Å²) in [5.74, 6) is -1.54. The highest BCUT2D eigenvalue weighted by molar-refractivity contribution is 7.98. The molecule has 2 fully saturated rings. The maximum atomic E-state index is 12.7. The number of Topliss-reactive ketones (excluding diaryl/α,β-unsaturated/α-hetero) is 3. The van der Waals surface area contributed by atoms with Gasteiger partial charge in [0, 0.05) is 55.9 Å². The van der Waals surface area contributed by atoms with Crippen LogP contribution >= 0.6 is 11.8 Å². The topological polar surface area (TPSA) is 102 Å². The van der Waals surface area contributed by atoms with Gasteiger partial charge in [0.05, 0.1) is 18.8 Å². The van der Waals surface area contributed by atoms with E-state index in [1.54, 1.807) is 36.0 Å². The van der Waals surface area contributed by atoms with Gasteiger partial charge in [0.2, 0.25) is 5.78 Å². The predicted octanol–water partition coefficient (Wildman–Crippen LogP) is 8.53. The Balaban J connectivity index is 0.000000217. The lowest BCUT2D eigenvalue weighted by Crippen LogP contribution is -2.54. The van der Waals surface area contributed by atoms with Crippen molar-refractivity contribution in [3.63, 3.8) is 0 Å². The van der Waals surface area contributed by atoms with E-state index in [1.165, 1.54) is 19.1 Å². The molecule has 53 heavy (non-hydrogen) atoms. The summed E-state index contributed by atoms with van der Waals surface area (Å²) in [6, 6.07) is 35.1. The van der Waals surface area contributed by atoms with Crippen LogP contribution < -0.4 is 0 Å². The Kier molecular flexibility index (Phi) is 15.7. The second-order valence-corrected chi connectivity index (χ2v) is 14.5. The number of nitrogens with zero attached hydrogens (tertiary/aromatic N) is 1. The summed E-state index contributed by atoms with van der Waals surface area (Å²) in [4.78, 5) is 40.8. The minimum absolute atomic E-state index is 0. The first-order valence-electron chi connectivity index (χ1n) is 18.1. The number of hydrogen-bond acceptors (Lipinski definition) is 9. The average molecular weight is 742 g/mol. The summed E-state index contributed by atoms with van der Waals surface area (Å²) in [5, 5.41) is 10.2. The van der Waals surface area contributed by atoms with E-state index >= 15 is 0 Å². The van der Waals surface area contributed by atoms with Crippen molar-refractivity contribution in [3.8, 4) is 0 Å². The van der Waals surface area contributed by atoms with Gasteiger partial charge in [0.25, 0.3) is 5.79 Å². The smallest absolute Gasteiger partial charge is 0.260 e. The number of morpholine rings is 1. The van der Waals surface area contributed by atoms with Gasteiger partial charge in [-0.3, -0.25) is 19.3 Å². The molecule has 1 heterocycles. The Morgan fingerprint density at radius 2 is 1.17 bits per heavy atom. The minimum Gasteiger partial charge on any atom is -0.382 e. The molecule has 0 spiro atoms. The minimum atomic E-state index is -1.40. The molecule has 0 radical (unpaired) electrons. The molecular weight excluding hydrogens is 687 g/mol. The van der Waals surface area contributed by atoms with Gasteiger partial charge in [0.15, 0.2) is 11.6 Å². The number of rotatable bonds is 11. The van der Waals surface area contributed by atoms with Gasteiger partial charge in [-0.2, -0.15) is 0 Å². The molecule has 9 heteroatoms. The summed E-state index contributed by atoms with van der Waals surface area (Å²) < 4.78 is 16.2. The second kappa shape index (κ2) is 19.9.